The summed E-state index contributed by atoms with van der Waals surface area (Å²) in [5.41, 5.74) is 0.0534. The molecule has 0 aliphatic rings. The normalized spacial score (nSPS) is 12.8. The summed E-state index contributed by atoms with van der Waals surface area (Å²) in [5.74, 6) is -4.18. The van der Waals surface area contributed by atoms with Gasteiger partial charge in [-0.25, -0.2) is 19.9 Å². The van der Waals surface area contributed by atoms with Gasteiger partial charge in [0.05, 0.1) is 13.2 Å². The highest BCUT2D eigenvalue weighted by atomic mass is 16.7. The topological polar surface area (TPSA) is 222 Å². The van der Waals surface area contributed by atoms with Gasteiger partial charge in [0.1, 0.15) is 35.5 Å². The third-order valence-electron chi connectivity index (χ3n) is 8.57. The van der Waals surface area contributed by atoms with Crippen LogP contribution in [0.5, 0.6) is 0 Å². The molecule has 0 saturated heterocycles. The fraction of sp³-hybridized carbons (Fsp3) is 0.841. The van der Waals surface area contributed by atoms with Crippen LogP contribution in [0.25, 0.3) is 0 Å². The van der Waals surface area contributed by atoms with Crippen molar-refractivity contribution in [2.24, 2.45) is 0 Å². The minimum atomic E-state index is -1.19. The number of amides is 3. The first kappa shape index (κ1) is 56.2. The molecule has 0 aromatic heterocycles. The van der Waals surface area contributed by atoms with Crippen molar-refractivity contribution in [3.05, 3.63) is 0 Å². The van der Waals surface area contributed by atoms with Crippen LogP contribution in [0.3, 0.4) is 0 Å². The highest BCUT2D eigenvalue weighted by Gasteiger charge is 2.30. The average molecular weight is 858 g/mol. The SMILES string of the molecule is CC(C)(C)OC(=O)CCCCCCCCCCCCCCCCC(=O)N[C@@H](CCC(=O)N[C@@H](CCC(=O)NOCCOCC(=O)O)C(=O)OC(C)(C)C)C(=O)OC(C)(C)C. The molecule has 0 heterocycles. The second-order valence-electron chi connectivity index (χ2n) is 18.2. The van der Waals surface area contributed by atoms with E-state index in [0.29, 0.717) is 12.8 Å². The third kappa shape index (κ3) is 36.1. The number of hydrogen-bond acceptors (Lipinski definition) is 12. The van der Waals surface area contributed by atoms with Gasteiger partial charge in [0.15, 0.2) is 0 Å². The first-order valence-electron chi connectivity index (χ1n) is 21.9. The van der Waals surface area contributed by atoms with Gasteiger partial charge in [-0.1, -0.05) is 77.0 Å². The fourth-order valence-corrected chi connectivity index (χ4v) is 5.84. The van der Waals surface area contributed by atoms with Gasteiger partial charge < -0.3 is 34.7 Å². The maximum atomic E-state index is 13.1. The second-order valence-corrected chi connectivity index (χ2v) is 18.2. The Balaban J connectivity index is 4.65. The van der Waals surface area contributed by atoms with Crippen LogP contribution in [0.2, 0.25) is 0 Å². The molecule has 2 atom stereocenters. The number of rotatable bonds is 33. The summed E-state index contributed by atoms with van der Waals surface area (Å²) in [6.07, 6.45) is 15.3. The van der Waals surface area contributed by atoms with Crippen LogP contribution in [-0.2, 0) is 57.3 Å². The number of carboxylic acids is 1. The number of unbranched alkanes of at least 4 members (excludes halogenated alkanes) is 13. The van der Waals surface area contributed by atoms with E-state index >= 15 is 0 Å². The number of ether oxygens (including phenoxy) is 4. The van der Waals surface area contributed by atoms with E-state index in [1.165, 1.54) is 38.5 Å². The van der Waals surface area contributed by atoms with Crippen molar-refractivity contribution in [2.45, 2.75) is 220 Å². The lowest BCUT2D eigenvalue weighted by molar-refractivity contribution is -0.160. The molecule has 0 rings (SSSR count). The molecular weight excluding hydrogens is 778 g/mol. The number of esters is 3. The molecule has 4 N–H and O–H groups in total. The summed E-state index contributed by atoms with van der Waals surface area (Å²) in [4.78, 5) is 91.6. The standard InChI is InChI=1S/C44H79N3O13/c1-42(2,3)58-39(53)25-23-21-19-17-15-13-11-10-12-14-16-18-20-22-24-35(48)45-33(40(54)59-43(4,5)6)26-28-36(49)46-34(41(55)60-44(7,8)9)27-29-37(50)47-57-31-30-56-32-38(51)52/h33-34H,10-32H2,1-9H3,(H,45,48)(H,46,49)(H,47,50)(H,51,52)/t33-,34-/m0/s1. The summed E-state index contributed by atoms with van der Waals surface area (Å²) in [5, 5.41) is 13.9. The summed E-state index contributed by atoms with van der Waals surface area (Å²) in [7, 11) is 0. The Bertz CT molecular complexity index is 1290. The Morgan fingerprint density at radius 1 is 0.467 bits per heavy atom. The summed E-state index contributed by atoms with van der Waals surface area (Å²) in [6, 6.07) is -2.28. The van der Waals surface area contributed by atoms with Crippen LogP contribution in [0.4, 0.5) is 0 Å². The van der Waals surface area contributed by atoms with E-state index in [2.05, 4.69) is 16.1 Å². The second kappa shape index (κ2) is 31.1. The number of nitrogens with one attached hydrogen (secondary N) is 3. The predicted octanol–water partition coefficient (Wildman–Crippen LogP) is 6.93. The average Bonchev–Trinajstić information content (AvgIpc) is 3.10. The van der Waals surface area contributed by atoms with E-state index in [-0.39, 0.29) is 57.2 Å². The van der Waals surface area contributed by atoms with E-state index in [9.17, 15) is 33.6 Å². The number of carbonyl (C=O) groups excluding carboxylic acids is 6. The molecule has 0 unspecified atom stereocenters. The molecule has 0 fully saturated rings. The van der Waals surface area contributed by atoms with Gasteiger partial charge in [-0.05, 0) is 88.0 Å². The van der Waals surface area contributed by atoms with Crippen molar-refractivity contribution in [1.29, 1.82) is 0 Å². The summed E-state index contributed by atoms with van der Waals surface area (Å²) < 4.78 is 21.1. The van der Waals surface area contributed by atoms with Crippen molar-refractivity contribution in [1.82, 2.24) is 16.1 Å². The molecule has 348 valence electrons. The van der Waals surface area contributed by atoms with Crippen molar-refractivity contribution in [3.63, 3.8) is 0 Å². The fourth-order valence-electron chi connectivity index (χ4n) is 5.84. The van der Waals surface area contributed by atoms with Gasteiger partial charge in [-0.3, -0.25) is 24.0 Å². The lowest BCUT2D eigenvalue weighted by Gasteiger charge is -2.26. The molecule has 60 heavy (non-hydrogen) atoms. The summed E-state index contributed by atoms with van der Waals surface area (Å²) in [6.45, 7) is 15.1. The van der Waals surface area contributed by atoms with Crippen molar-refractivity contribution in [3.8, 4) is 0 Å². The highest BCUT2D eigenvalue weighted by molar-refractivity contribution is 5.87. The van der Waals surface area contributed by atoms with Crippen LogP contribution < -0.4 is 16.1 Å². The molecule has 0 aromatic rings. The molecule has 16 heteroatoms. The summed E-state index contributed by atoms with van der Waals surface area (Å²) >= 11 is 0. The van der Waals surface area contributed by atoms with Crippen molar-refractivity contribution < 1.29 is 62.5 Å². The van der Waals surface area contributed by atoms with E-state index < -0.39 is 65.2 Å². The van der Waals surface area contributed by atoms with Crippen LogP contribution in [0.15, 0.2) is 0 Å². The quantitative estimate of drug-likeness (QED) is 0.0228. The zero-order chi connectivity index (χ0) is 45.6. The lowest BCUT2D eigenvalue weighted by Crippen LogP contribution is -2.47. The van der Waals surface area contributed by atoms with Crippen LogP contribution in [0, 0.1) is 0 Å². The van der Waals surface area contributed by atoms with Crippen LogP contribution in [0.1, 0.15) is 191 Å². The van der Waals surface area contributed by atoms with E-state index in [0.717, 1.165) is 44.9 Å². The first-order chi connectivity index (χ1) is 28.0. The molecule has 0 aliphatic heterocycles. The van der Waals surface area contributed by atoms with E-state index in [1.807, 2.05) is 20.8 Å². The molecule has 16 nitrogen and oxygen atoms in total. The number of hydroxylamine groups is 1. The molecule has 0 spiro atoms. The van der Waals surface area contributed by atoms with Crippen LogP contribution in [-0.4, -0.2) is 95.4 Å². The Kier molecular flexibility index (Phi) is 29.2. The maximum absolute atomic E-state index is 13.1. The Labute approximate surface area is 359 Å². The number of carbonyl (C=O) groups is 7. The predicted molar refractivity (Wildman–Crippen MR) is 226 cm³/mol. The van der Waals surface area contributed by atoms with Crippen LogP contribution >= 0.6 is 0 Å². The molecular formula is C44H79N3O13. The first-order valence-corrected chi connectivity index (χ1v) is 21.9. The third-order valence-corrected chi connectivity index (χ3v) is 8.57. The smallest absolute Gasteiger partial charge is 0.329 e. The Morgan fingerprint density at radius 3 is 1.23 bits per heavy atom. The molecule has 0 saturated carbocycles. The minimum Gasteiger partial charge on any atom is -0.480 e. The van der Waals surface area contributed by atoms with E-state index in [1.54, 1.807) is 41.5 Å². The van der Waals surface area contributed by atoms with Gasteiger partial charge in [0.2, 0.25) is 17.7 Å². The number of aliphatic carboxylic acids is 1. The van der Waals surface area contributed by atoms with Gasteiger partial charge >= 0.3 is 23.9 Å². The maximum Gasteiger partial charge on any atom is 0.329 e. The zero-order valence-electron chi connectivity index (χ0n) is 38.3. The largest absolute Gasteiger partial charge is 0.480 e. The monoisotopic (exact) mass is 858 g/mol. The van der Waals surface area contributed by atoms with Gasteiger partial charge in [0.25, 0.3) is 0 Å². The van der Waals surface area contributed by atoms with Crippen molar-refractivity contribution in [2.75, 3.05) is 19.8 Å². The molecule has 0 radical (unpaired) electrons. The zero-order valence-corrected chi connectivity index (χ0v) is 38.3. The Hall–Kier alpha value is -3.79. The minimum absolute atomic E-state index is 0.0697. The highest BCUT2D eigenvalue weighted by Crippen LogP contribution is 2.17. The number of carboxylic acid groups (broad SMARTS) is 1. The molecule has 0 bridgehead atoms. The van der Waals surface area contributed by atoms with E-state index in [4.69, 9.17) is 28.9 Å². The lowest BCUT2D eigenvalue weighted by atomic mass is 10.0. The van der Waals surface area contributed by atoms with Gasteiger partial charge in [-0.15, -0.1) is 0 Å². The van der Waals surface area contributed by atoms with Gasteiger partial charge in [-0.2, -0.15) is 0 Å². The molecule has 0 aromatic carbocycles. The Morgan fingerprint density at radius 2 is 0.833 bits per heavy atom. The molecule has 0 aliphatic carbocycles. The van der Waals surface area contributed by atoms with Gasteiger partial charge in [0, 0.05) is 25.7 Å². The molecule has 3 amide bonds. The van der Waals surface area contributed by atoms with Crippen molar-refractivity contribution >= 4 is 41.6 Å². The number of hydrogen-bond donors (Lipinski definition) is 4.